The van der Waals surface area contributed by atoms with Gasteiger partial charge in [0.1, 0.15) is 4.90 Å². The Morgan fingerprint density at radius 1 is 1.26 bits per heavy atom. The Hall–Kier alpha value is -1.64. The molecule has 0 spiro atoms. The molecular weight excluding hydrogens is 353 g/mol. The molecule has 1 heterocycles. The number of rotatable bonds is 4. The number of halogens is 4. The summed E-state index contributed by atoms with van der Waals surface area (Å²) in [5.41, 5.74) is 0.140. The van der Waals surface area contributed by atoms with E-state index in [4.69, 9.17) is 11.6 Å². The van der Waals surface area contributed by atoms with Crippen molar-refractivity contribution in [2.24, 2.45) is 0 Å². The molecular formula is C14H12ClF3N2O2S. The average molecular weight is 365 g/mol. The summed E-state index contributed by atoms with van der Waals surface area (Å²) in [6.07, 6.45) is -3.17. The monoisotopic (exact) mass is 364 g/mol. The zero-order valence-corrected chi connectivity index (χ0v) is 13.4. The van der Waals surface area contributed by atoms with Gasteiger partial charge in [-0.1, -0.05) is 17.7 Å². The largest absolute Gasteiger partial charge is 0.416 e. The van der Waals surface area contributed by atoms with Crippen molar-refractivity contribution >= 4 is 21.6 Å². The molecule has 0 aliphatic rings. The van der Waals surface area contributed by atoms with Gasteiger partial charge in [0.15, 0.2) is 0 Å². The van der Waals surface area contributed by atoms with Crippen LogP contribution in [0, 0.1) is 6.92 Å². The van der Waals surface area contributed by atoms with Crippen molar-refractivity contribution in [1.29, 1.82) is 0 Å². The first-order valence-electron chi connectivity index (χ1n) is 6.38. The Balaban J connectivity index is 2.31. The molecule has 23 heavy (non-hydrogen) atoms. The predicted octanol–water partition coefficient (Wildman–Crippen LogP) is 3.54. The topological polar surface area (TPSA) is 59.1 Å². The number of sulfonamides is 1. The summed E-state index contributed by atoms with van der Waals surface area (Å²) in [7, 11) is -4.21. The normalized spacial score (nSPS) is 12.4. The van der Waals surface area contributed by atoms with E-state index >= 15 is 0 Å². The van der Waals surface area contributed by atoms with Crippen LogP contribution >= 0.6 is 11.6 Å². The van der Waals surface area contributed by atoms with Crippen LogP contribution in [0.4, 0.5) is 13.2 Å². The molecule has 0 bridgehead atoms. The number of aryl methyl sites for hydroxylation is 1. The molecule has 9 heteroatoms. The van der Waals surface area contributed by atoms with E-state index in [1.165, 1.54) is 6.20 Å². The summed E-state index contributed by atoms with van der Waals surface area (Å²) in [5, 5.41) is -0.289. The second-order valence-corrected chi connectivity index (χ2v) is 6.88. The smallest absolute Gasteiger partial charge is 0.260 e. The summed E-state index contributed by atoms with van der Waals surface area (Å²) in [6, 6.07) is 5.58. The lowest BCUT2D eigenvalue weighted by Crippen LogP contribution is -2.25. The highest BCUT2D eigenvalue weighted by Gasteiger charge is 2.32. The third kappa shape index (κ3) is 4.21. The van der Waals surface area contributed by atoms with Crippen LogP contribution in [-0.4, -0.2) is 13.4 Å². The minimum atomic E-state index is -4.66. The van der Waals surface area contributed by atoms with Crippen molar-refractivity contribution in [1.82, 2.24) is 9.71 Å². The van der Waals surface area contributed by atoms with E-state index in [9.17, 15) is 21.6 Å². The number of benzene rings is 1. The van der Waals surface area contributed by atoms with E-state index in [0.717, 1.165) is 17.7 Å². The van der Waals surface area contributed by atoms with Gasteiger partial charge in [0, 0.05) is 6.20 Å². The number of pyridine rings is 1. The minimum absolute atomic E-state index is 0.151. The lowest BCUT2D eigenvalue weighted by molar-refractivity contribution is -0.137. The van der Waals surface area contributed by atoms with Crippen LogP contribution < -0.4 is 4.72 Å². The molecule has 1 aromatic carbocycles. The van der Waals surface area contributed by atoms with Crippen molar-refractivity contribution in [3.8, 4) is 0 Å². The first kappa shape index (κ1) is 17.7. The predicted molar refractivity (Wildman–Crippen MR) is 79.5 cm³/mol. The van der Waals surface area contributed by atoms with Gasteiger partial charge in [-0.05, 0) is 36.8 Å². The van der Waals surface area contributed by atoms with E-state index in [1.54, 1.807) is 19.1 Å². The Labute approximate surface area is 136 Å². The molecule has 0 unspecified atom stereocenters. The van der Waals surface area contributed by atoms with E-state index in [-0.39, 0.29) is 11.6 Å². The molecule has 0 saturated carbocycles. The Bertz CT molecular complexity index is 823. The molecule has 1 N–H and O–H groups in total. The molecule has 2 aromatic rings. The molecule has 1 aromatic heterocycles. The maximum atomic E-state index is 12.7. The SMILES string of the molecule is Cc1cccnc1CNS(=O)(=O)c1cc(C(F)(F)F)ccc1Cl. The maximum Gasteiger partial charge on any atom is 0.416 e. The maximum absolute atomic E-state index is 12.7. The summed E-state index contributed by atoms with van der Waals surface area (Å²) in [6.45, 7) is 1.59. The van der Waals surface area contributed by atoms with Crippen LogP contribution in [0.15, 0.2) is 41.4 Å². The van der Waals surface area contributed by atoms with Crippen LogP contribution in [0.3, 0.4) is 0 Å². The van der Waals surface area contributed by atoms with Gasteiger partial charge in [-0.2, -0.15) is 13.2 Å². The van der Waals surface area contributed by atoms with Crippen LogP contribution in [0.1, 0.15) is 16.8 Å². The first-order valence-corrected chi connectivity index (χ1v) is 8.24. The van der Waals surface area contributed by atoms with Gasteiger partial charge in [-0.25, -0.2) is 13.1 Å². The molecule has 4 nitrogen and oxygen atoms in total. The lowest BCUT2D eigenvalue weighted by atomic mass is 10.2. The van der Waals surface area contributed by atoms with Crippen LogP contribution in [0.5, 0.6) is 0 Å². The second-order valence-electron chi connectivity index (χ2n) is 4.73. The van der Waals surface area contributed by atoms with Gasteiger partial charge in [-0.3, -0.25) is 4.98 Å². The highest BCUT2D eigenvalue weighted by molar-refractivity contribution is 7.89. The van der Waals surface area contributed by atoms with Crippen molar-refractivity contribution in [2.45, 2.75) is 24.5 Å². The third-order valence-electron chi connectivity index (χ3n) is 3.10. The average Bonchev–Trinajstić information content (AvgIpc) is 2.45. The van der Waals surface area contributed by atoms with Crippen molar-refractivity contribution in [2.75, 3.05) is 0 Å². The van der Waals surface area contributed by atoms with Gasteiger partial charge in [0.25, 0.3) is 0 Å². The third-order valence-corrected chi connectivity index (χ3v) is 4.98. The number of nitrogens with zero attached hydrogens (tertiary/aromatic N) is 1. The fourth-order valence-corrected chi connectivity index (χ4v) is 3.34. The molecule has 0 aliphatic carbocycles. The van der Waals surface area contributed by atoms with Crippen molar-refractivity contribution in [3.05, 3.63) is 58.4 Å². The van der Waals surface area contributed by atoms with Gasteiger partial charge < -0.3 is 0 Å². The standard InChI is InChI=1S/C14H12ClF3N2O2S/c1-9-3-2-6-19-12(9)8-20-23(21,22)13-7-10(14(16,17)18)4-5-11(13)15/h2-7,20H,8H2,1H3. The molecule has 0 radical (unpaired) electrons. The van der Waals surface area contributed by atoms with E-state index in [0.29, 0.717) is 11.8 Å². The molecule has 0 atom stereocenters. The highest BCUT2D eigenvalue weighted by atomic mass is 35.5. The van der Waals surface area contributed by atoms with E-state index in [2.05, 4.69) is 9.71 Å². The minimum Gasteiger partial charge on any atom is -0.260 e. The molecule has 0 fully saturated rings. The first-order chi connectivity index (χ1) is 10.6. The van der Waals surface area contributed by atoms with Crippen molar-refractivity contribution in [3.63, 3.8) is 0 Å². The fraction of sp³-hybridized carbons (Fsp3) is 0.214. The molecule has 0 aliphatic heterocycles. The van der Waals surface area contributed by atoms with Crippen LogP contribution in [0.2, 0.25) is 5.02 Å². The summed E-state index contributed by atoms with van der Waals surface area (Å²) >= 11 is 5.74. The summed E-state index contributed by atoms with van der Waals surface area (Å²) < 4.78 is 64.8. The Morgan fingerprint density at radius 2 is 1.96 bits per heavy atom. The number of hydrogen-bond donors (Lipinski definition) is 1. The molecule has 0 saturated heterocycles. The zero-order chi connectivity index (χ0) is 17.3. The zero-order valence-electron chi connectivity index (χ0n) is 11.9. The summed E-state index contributed by atoms with van der Waals surface area (Å²) in [5.74, 6) is 0. The van der Waals surface area contributed by atoms with E-state index in [1.807, 2.05) is 0 Å². The van der Waals surface area contributed by atoms with Gasteiger partial charge in [0.2, 0.25) is 10.0 Å². The van der Waals surface area contributed by atoms with Gasteiger partial charge in [-0.15, -0.1) is 0 Å². The number of nitrogens with one attached hydrogen (secondary N) is 1. The Morgan fingerprint density at radius 3 is 2.57 bits per heavy atom. The Kier molecular flexibility index (Phi) is 4.98. The van der Waals surface area contributed by atoms with Gasteiger partial charge >= 0.3 is 6.18 Å². The quantitative estimate of drug-likeness (QED) is 0.902. The molecule has 2 rings (SSSR count). The van der Waals surface area contributed by atoms with E-state index < -0.39 is 26.7 Å². The van der Waals surface area contributed by atoms with Gasteiger partial charge in [0.05, 0.1) is 22.8 Å². The number of hydrogen-bond acceptors (Lipinski definition) is 3. The highest BCUT2D eigenvalue weighted by Crippen LogP contribution is 2.33. The lowest BCUT2D eigenvalue weighted by Gasteiger charge is -2.12. The van der Waals surface area contributed by atoms with Crippen LogP contribution in [-0.2, 0) is 22.7 Å². The van der Waals surface area contributed by atoms with Crippen LogP contribution in [0.25, 0.3) is 0 Å². The fourth-order valence-electron chi connectivity index (χ4n) is 1.83. The summed E-state index contributed by atoms with van der Waals surface area (Å²) in [4.78, 5) is 3.39. The van der Waals surface area contributed by atoms with Crippen molar-refractivity contribution < 1.29 is 21.6 Å². The molecule has 0 amide bonds. The number of alkyl halides is 3. The second kappa shape index (κ2) is 6.46. The molecule has 124 valence electrons. The number of aromatic nitrogens is 1.